The van der Waals surface area contributed by atoms with Crippen LogP contribution in [0.1, 0.15) is 50.7 Å². The van der Waals surface area contributed by atoms with Crippen molar-refractivity contribution < 1.29 is 9.21 Å². The summed E-state index contributed by atoms with van der Waals surface area (Å²) in [5.74, 6) is 2.68. The quantitative estimate of drug-likeness (QED) is 0.832. The molecule has 1 aromatic rings. The second-order valence-electron chi connectivity index (χ2n) is 7.64. The van der Waals surface area contributed by atoms with Gasteiger partial charge in [-0.3, -0.25) is 4.79 Å². The van der Waals surface area contributed by atoms with Gasteiger partial charge in [0.15, 0.2) is 0 Å². The highest BCUT2D eigenvalue weighted by atomic mass is 79.9. The van der Waals surface area contributed by atoms with Gasteiger partial charge < -0.3 is 9.73 Å². The van der Waals surface area contributed by atoms with E-state index in [4.69, 9.17) is 4.42 Å². The highest BCUT2D eigenvalue weighted by molar-refractivity contribution is 9.10. The van der Waals surface area contributed by atoms with Crippen molar-refractivity contribution in [2.75, 3.05) is 0 Å². The minimum Gasteiger partial charge on any atom is -0.467 e. The van der Waals surface area contributed by atoms with Gasteiger partial charge in [-0.25, -0.2) is 0 Å². The van der Waals surface area contributed by atoms with Crippen LogP contribution in [0.3, 0.4) is 0 Å². The van der Waals surface area contributed by atoms with E-state index in [2.05, 4.69) is 21.2 Å². The lowest BCUT2D eigenvalue weighted by Gasteiger charge is -2.60. The van der Waals surface area contributed by atoms with Crippen LogP contribution in [0.15, 0.2) is 22.8 Å². The van der Waals surface area contributed by atoms with Crippen LogP contribution in [-0.2, 0) is 11.3 Å². The van der Waals surface area contributed by atoms with Crippen LogP contribution in [0, 0.1) is 17.3 Å². The number of amides is 1. The van der Waals surface area contributed by atoms with Crippen molar-refractivity contribution >= 4 is 21.8 Å². The van der Waals surface area contributed by atoms with Crippen molar-refractivity contribution in [1.29, 1.82) is 0 Å². The van der Waals surface area contributed by atoms with E-state index in [1.807, 2.05) is 12.1 Å². The maximum atomic E-state index is 12.4. The molecular formula is C17H22BrNO2. The summed E-state index contributed by atoms with van der Waals surface area (Å²) in [6.07, 6.45) is 10.1. The number of carbonyl (C=O) groups excluding carboxylic acids is 1. The Morgan fingerprint density at radius 3 is 2.71 bits per heavy atom. The fraction of sp³-hybridized carbons (Fsp3) is 0.706. The fourth-order valence-electron chi connectivity index (χ4n) is 5.54. The number of furan rings is 1. The lowest BCUT2D eigenvalue weighted by molar-refractivity contribution is -0.128. The second kappa shape index (κ2) is 4.87. The van der Waals surface area contributed by atoms with Gasteiger partial charge in [0.25, 0.3) is 0 Å². The highest BCUT2D eigenvalue weighted by Crippen LogP contribution is 2.65. The first-order valence-electron chi connectivity index (χ1n) is 8.02. The zero-order valence-electron chi connectivity index (χ0n) is 12.2. The van der Waals surface area contributed by atoms with Crippen molar-refractivity contribution in [3.63, 3.8) is 0 Å². The molecule has 2 atom stereocenters. The third kappa shape index (κ3) is 2.67. The summed E-state index contributed by atoms with van der Waals surface area (Å²) in [6, 6.07) is 3.76. The van der Waals surface area contributed by atoms with Crippen LogP contribution >= 0.6 is 15.9 Å². The summed E-state index contributed by atoms with van der Waals surface area (Å²) in [6.45, 7) is 0.508. The van der Waals surface area contributed by atoms with Crippen LogP contribution in [0.2, 0.25) is 0 Å². The number of nitrogens with one attached hydrogen (secondary N) is 1. The SMILES string of the molecule is O=C(CC12CC3CC(CC(Br)(C3)C1)C2)NCc1ccco1. The Bertz CT molecular complexity index is 525. The molecule has 4 heteroatoms. The molecule has 4 bridgehead atoms. The van der Waals surface area contributed by atoms with Crippen molar-refractivity contribution in [3.8, 4) is 0 Å². The molecule has 1 aromatic heterocycles. The average molecular weight is 352 g/mol. The van der Waals surface area contributed by atoms with Gasteiger partial charge in [-0.05, 0) is 67.9 Å². The maximum Gasteiger partial charge on any atom is 0.220 e. The third-order valence-electron chi connectivity index (χ3n) is 5.69. The largest absolute Gasteiger partial charge is 0.467 e. The van der Waals surface area contributed by atoms with Crippen LogP contribution in [0.5, 0.6) is 0 Å². The summed E-state index contributed by atoms with van der Waals surface area (Å²) in [4.78, 5) is 12.4. The molecule has 0 spiro atoms. The zero-order chi connectivity index (χ0) is 14.5. The number of alkyl halides is 1. The maximum absolute atomic E-state index is 12.4. The normalized spacial score (nSPS) is 40.4. The standard InChI is InChI=1S/C17H22BrNO2/c18-17-7-12-4-13(8-17)6-16(5-12,11-17)9-15(20)19-10-14-2-1-3-21-14/h1-3,12-13H,4-11H2,(H,19,20). The van der Waals surface area contributed by atoms with Crippen LogP contribution in [-0.4, -0.2) is 10.2 Å². The molecule has 4 fully saturated rings. The molecule has 0 radical (unpaired) electrons. The predicted octanol–water partition coefficient (Wildman–Crippen LogP) is 4.02. The fourth-order valence-corrected chi connectivity index (χ4v) is 7.06. The van der Waals surface area contributed by atoms with Crippen LogP contribution in [0.4, 0.5) is 0 Å². The lowest BCUT2D eigenvalue weighted by Crippen LogP contribution is -2.54. The summed E-state index contributed by atoms with van der Waals surface area (Å²) >= 11 is 4.01. The Morgan fingerprint density at radius 1 is 1.33 bits per heavy atom. The Hall–Kier alpha value is -0.770. The van der Waals surface area contributed by atoms with E-state index < -0.39 is 0 Å². The molecule has 114 valence electrons. The molecule has 21 heavy (non-hydrogen) atoms. The molecule has 1 N–H and O–H groups in total. The number of carbonyl (C=O) groups is 1. The van der Waals surface area contributed by atoms with Gasteiger partial charge >= 0.3 is 0 Å². The first-order valence-corrected chi connectivity index (χ1v) is 8.82. The van der Waals surface area contributed by atoms with E-state index in [9.17, 15) is 4.79 Å². The van der Waals surface area contributed by atoms with Crippen molar-refractivity contribution in [1.82, 2.24) is 5.32 Å². The summed E-state index contributed by atoms with van der Waals surface area (Å²) in [5.41, 5.74) is 0.251. The highest BCUT2D eigenvalue weighted by Gasteiger charge is 2.57. The van der Waals surface area contributed by atoms with E-state index in [-0.39, 0.29) is 11.3 Å². The number of hydrogen-bond donors (Lipinski definition) is 1. The van der Waals surface area contributed by atoms with Crippen molar-refractivity contribution in [2.24, 2.45) is 17.3 Å². The number of hydrogen-bond acceptors (Lipinski definition) is 2. The molecule has 0 aliphatic heterocycles. The lowest BCUT2D eigenvalue weighted by atomic mass is 9.48. The Morgan fingerprint density at radius 2 is 2.10 bits per heavy atom. The van der Waals surface area contributed by atoms with E-state index in [0.717, 1.165) is 17.6 Å². The second-order valence-corrected chi connectivity index (χ2v) is 9.33. The molecule has 5 rings (SSSR count). The molecule has 1 amide bonds. The van der Waals surface area contributed by atoms with E-state index >= 15 is 0 Å². The van der Waals surface area contributed by atoms with E-state index in [1.54, 1.807) is 6.26 Å². The van der Waals surface area contributed by atoms with E-state index in [0.29, 0.717) is 17.3 Å². The van der Waals surface area contributed by atoms with Gasteiger partial charge in [0.05, 0.1) is 12.8 Å². The molecule has 0 aromatic carbocycles. The summed E-state index contributed by atoms with van der Waals surface area (Å²) in [5, 5.41) is 3.02. The molecule has 0 saturated heterocycles. The molecule has 1 heterocycles. The van der Waals surface area contributed by atoms with Crippen LogP contribution in [0.25, 0.3) is 0 Å². The smallest absolute Gasteiger partial charge is 0.220 e. The van der Waals surface area contributed by atoms with Gasteiger partial charge in [-0.1, -0.05) is 15.9 Å². The molecule has 3 nitrogen and oxygen atoms in total. The van der Waals surface area contributed by atoms with Gasteiger partial charge in [0.2, 0.25) is 5.91 Å². The van der Waals surface area contributed by atoms with Gasteiger partial charge in [0, 0.05) is 10.7 Å². The minimum absolute atomic E-state index is 0.185. The molecule has 2 unspecified atom stereocenters. The molecular weight excluding hydrogens is 330 g/mol. The molecule has 4 aliphatic rings. The first kappa shape index (κ1) is 13.9. The third-order valence-corrected chi connectivity index (χ3v) is 6.61. The Labute approximate surface area is 134 Å². The van der Waals surface area contributed by atoms with Gasteiger partial charge in [-0.15, -0.1) is 0 Å². The Balaban J connectivity index is 1.41. The average Bonchev–Trinajstić information content (AvgIpc) is 2.85. The topological polar surface area (TPSA) is 42.2 Å². The van der Waals surface area contributed by atoms with Crippen molar-refractivity contribution in [3.05, 3.63) is 24.2 Å². The molecule has 4 aliphatic carbocycles. The summed E-state index contributed by atoms with van der Waals surface area (Å²) < 4.78 is 5.60. The van der Waals surface area contributed by atoms with Crippen molar-refractivity contribution in [2.45, 2.75) is 55.8 Å². The predicted molar refractivity (Wildman–Crippen MR) is 83.9 cm³/mol. The Kier molecular flexibility index (Phi) is 3.21. The zero-order valence-corrected chi connectivity index (χ0v) is 13.8. The molecule has 4 saturated carbocycles. The van der Waals surface area contributed by atoms with Crippen LogP contribution < -0.4 is 5.32 Å². The first-order chi connectivity index (χ1) is 10.0. The van der Waals surface area contributed by atoms with Gasteiger partial charge in [0.1, 0.15) is 5.76 Å². The minimum atomic E-state index is 0.185. The van der Waals surface area contributed by atoms with Gasteiger partial charge in [-0.2, -0.15) is 0 Å². The number of rotatable bonds is 4. The van der Waals surface area contributed by atoms with E-state index in [1.165, 1.54) is 38.5 Å². The monoisotopic (exact) mass is 351 g/mol. The number of halogens is 1. The summed E-state index contributed by atoms with van der Waals surface area (Å²) in [7, 11) is 0.